The van der Waals surface area contributed by atoms with Gasteiger partial charge in [-0.05, 0) is 18.2 Å². The Bertz CT molecular complexity index is 1010. The largest absolute Gasteiger partial charge is 0.289 e. The number of hydrogen-bond donors (Lipinski definition) is 2. The number of carbonyl (C=O) groups is 1. The van der Waals surface area contributed by atoms with E-state index in [1.54, 1.807) is 4.83 Å². The number of para-hydroxylation sites is 1. The van der Waals surface area contributed by atoms with Gasteiger partial charge in [-0.25, -0.2) is 8.42 Å². The minimum Gasteiger partial charge on any atom is -0.273 e. The van der Waals surface area contributed by atoms with Crippen LogP contribution in [0.4, 0.5) is 11.4 Å². The van der Waals surface area contributed by atoms with Gasteiger partial charge in [-0.2, -0.15) is 0 Å². The highest BCUT2D eigenvalue weighted by Crippen LogP contribution is 2.25. The Balaban J connectivity index is 2.23. The summed E-state index contributed by atoms with van der Waals surface area (Å²) in [4.78, 5) is 33.1. The number of sulfonamides is 1. The summed E-state index contributed by atoms with van der Waals surface area (Å²) in [6.07, 6.45) is 0. The van der Waals surface area contributed by atoms with Crippen LogP contribution >= 0.6 is 11.6 Å². The van der Waals surface area contributed by atoms with Crippen molar-refractivity contribution in [3.8, 4) is 0 Å². The van der Waals surface area contributed by atoms with Crippen LogP contribution in [0.1, 0.15) is 10.4 Å². The van der Waals surface area contributed by atoms with Crippen molar-refractivity contribution in [2.24, 2.45) is 0 Å². The number of nitrogens with zero attached hydrogens (tertiary/aromatic N) is 2. The maximum atomic E-state index is 12.2. The number of carbonyl (C=O) groups excluding carboxylic acids is 1. The first-order valence-electron chi connectivity index (χ1n) is 6.63. The summed E-state index contributed by atoms with van der Waals surface area (Å²) in [5.74, 6) is -1.02. The number of benzene rings is 2. The van der Waals surface area contributed by atoms with Crippen LogP contribution in [0.25, 0.3) is 0 Å². The summed E-state index contributed by atoms with van der Waals surface area (Å²) in [5, 5.41) is 21.5. The smallest absolute Gasteiger partial charge is 0.273 e. The number of halogens is 1. The van der Waals surface area contributed by atoms with Crippen LogP contribution in [0, 0.1) is 20.2 Å². The average molecular weight is 401 g/mol. The van der Waals surface area contributed by atoms with E-state index in [4.69, 9.17) is 11.6 Å². The van der Waals surface area contributed by atoms with Gasteiger partial charge in [-0.1, -0.05) is 23.7 Å². The zero-order valence-electron chi connectivity index (χ0n) is 12.6. The molecule has 0 saturated heterocycles. The molecule has 0 fully saturated rings. The second-order valence-corrected chi connectivity index (χ2v) is 6.77. The first-order valence-corrected chi connectivity index (χ1v) is 8.49. The highest BCUT2D eigenvalue weighted by molar-refractivity contribution is 7.89. The number of amides is 1. The van der Waals surface area contributed by atoms with Crippen LogP contribution in [0.2, 0.25) is 5.02 Å². The summed E-state index contributed by atoms with van der Waals surface area (Å²) < 4.78 is 24.3. The van der Waals surface area contributed by atoms with Crippen LogP contribution in [-0.4, -0.2) is 24.2 Å². The molecule has 0 spiro atoms. The molecule has 0 atom stereocenters. The molecule has 11 nitrogen and oxygen atoms in total. The number of nitro benzene ring substituents is 2. The van der Waals surface area contributed by atoms with Gasteiger partial charge in [0.1, 0.15) is 5.02 Å². The van der Waals surface area contributed by atoms with Gasteiger partial charge in [0.05, 0.1) is 9.85 Å². The normalized spacial score (nSPS) is 11.0. The molecule has 2 aromatic rings. The van der Waals surface area contributed by atoms with Crippen molar-refractivity contribution in [1.82, 2.24) is 10.3 Å². The quantitative estimate of drug-likeness (QED) is 0.551. The lowest BCUT2D eigenvalue weighted by Crippen LogP contribution is -2.41. The van der Waals surface area contributed by atoms with Crippen molar-refractivity contribution < 1.29 is 23.1 Å². The third kappa shape index (κ3) is 4.11. The van der Waals surface area contributed by atoms with Crippen molar-refractivity contribution in [3.63, 3.8) is 0 Å². The molecule has 0 aliphatic carbocycles. The topological polar surface area (TPSA) is 162 Å². The van der Waals surface area contributed by atoms with Crippen molar-refractivity contribution in [2.45, 2.75) is 4.90 Å². The molecule has 0 aliphatic heterocycles. The fraction of sp³-hybridized carbons (Fsp3) is 0. The highest BCUT2D eigenvalue weighted by Gasteiger charge is 2.26. The van der Waals surface area contributed by atoms with Crippen LogP contribution in [-0.2, 0) is 10.0 Å². The van der Waals surface area contributed by atoms with Gasteiger partial charge in [-0.15, -0.1) is 4.83 Å². The predicted molar refractivity (Wildman–Crippen MR) is 89.0 cm³/mol. The van der Waals surface area contributed by atoms with E-state index in [0.717, 1.165) is 30.3 Å². The third-order valence-corrected chi connectivity index (χ3v) is 4.67. The zero-order valence-corrected chi connectivity index (χ0v) is 14.2. The Morgan fingerprint density at radius 1 is 1.00 bits per heavy atom. The predicted octanol–water partition coefficient (Wildman–Crippen LogP) is 1.78. The van der Waals surface area contributed by atoms with E-state index in [-0.39, 0.29) is 10.6 Å². The van der Waals surface area contributed by atoms with Crippen LogP contribution in [0.3, 0.4) is 0 Å². The molecule has 0 unspecified atom stereocenters. The lowest BCUT2D eigenvalue weighted by molar-refractivity contribution is -0.387. The molecule has 26 heavy (non-hydrogen) atoms. The van der Waals surface area contributed by atoms with E-state index in [9.17, 15) is 33.4 Å². The number of rotatable bonds is 6. The van der Waals surface area contributed by atoms with E-state index in [0.29, 0.717) is 0 Å². The molecule has 13 heteroatoms. The van der Waals surface area contributed by atoms with Crippen molar-refractivity contribution in [1.29, 1.82) is 0 Å². The van der Waals surface area contributed by atoms with E-state index in [1.165, 1.54) is 12.1 Å². The number of hydrazine groups is 1. The van der Waals surface area contributed by atoms with Crippen LogP contribution in [0.5, 0.6) is 0 Å². The number of hydrogen-bond acceptors (Lipinski definition) is 7. The molecular formula is C13H9ClN4O7S. The summed E-state index contributed by atoms with van der Waals surface area (Å²) >= 11 is 5.62. The monoisotopic (exact) mass is 400 g/mol. The van der Waals surface area contributed by atoms with E-state index in [1.807, 2.05) is 5.43 Å². The van der Waals surface area contributed by atoms with Crippen molar-refractivity contribution >= 4 is 38.9 Å². The molecule has 2 aromatic carbocycles. The number of nitro groups is 2. The first-order chi connectivity index (χ1) is 12.1. The summed E-state index contributed by atoms with van der Waals surface area (Å²) in [7, 11) is -4.46. The summed E-state index contributed by atoms with van der Waals surface area (Å²) in [5.41, 5.74) is 0.355. The van der Waals surface area contributed by atoms with Gasteiger partial charge in [0.25, 0.3) is 27.3 Å². The Hall–Kier alpha value is -3.09. The molecular weight excluding hydrogens is 392 g/mol. The Labute approximate surface area is 150 Å². The molecule has 0 heterocycles. The lowest BCUT2D eigenvalue weighted by atomic mass is 10.2. The van der Waals surface area contributed by atoms with E-state index < -0.39 is 42.0 Å². The van der Waals surface area contributed by atoms with Crippen molar-refractivity contribution in [2.75, 3.05) is 0 Å². The fourth-order valence-corrected chi connectivity index (χ4v) is 3.07. The fourth-order valence-electron chi connectivity index (χ4n) is 1.87. The van der Waals surface area contributed by atoms with Gasteiger partial charge >= 0.3 is 0 Å². The Morgan fingerprint density at radius 3 is 2.23 bits per heavy atom. The molecule has 0 radical (unpaired) electrons. The summed E-state index contributed by atoms with van der Waals surface area (Å²) in [6.45, 7) is 0. The molecule has 0 saturated carbocycles. The molecule has 2 rings (SSSR count). The molecule has 1 amide bonds. The van der Waals surface area contributed by atoms with E-state index in [2.05, 4.69) is 0 Å². The van der Waals surface area contributed by atoms with Gasteiger partial charge < -0.3 is 0 Å². The van der Waals surface area contributed by atoms with E-state index >= 15 is 0 Å². The first kappa shape index (κ1) is 19.2. The lowest BCUT2D eigenvalue weighted by Gasteiger charge is -2.09. The van der Waals surface area contributed by atoms with Gasteiger partial charge in [0, 0.05) is 17.7 Å². The van der Waals surface area contributed by atoms with Gasteiger partial charge in [0.15, 0.2) is 4.90 Å². The summed E-state index contributed by atoms with van der Waals surface area (Å²) in [6, 6.07) is 7.62. The maximum absolute atomic E-state index is 12.2. The van der Waals surface area contributed by atoms with Crippen LogP contribution in [0.15, 0.2) is 47.4 Å². The standard InChI is InChI=1S/C13H9ClN4O7S/c14-9-6-5-8(7-11(9)18(22)23)13(19)15-16-26(24,25)12-4-2-1-3-10(12)17(20)21/h1-7,16H,(H,15,19). The highest BCUT2D eigenvalue weighted by atomic mass is 35.5. The Morgan fingerprint density at radius 2 is 1.62 bits per heavy atom. The second-order valence-electron chi connectivity index (χ2n) is 4.71. The SMILES string of the molecule is O=C(NNS(=O)(=O)c1ccccc1[N+](=O)[O-])c1ccc(Cl)c([N+](=O)[O-])c1. The average Bonchev–Trinajstić information content (AvgIpc) is 2.59. The number of nitrogens with one attached hydrogen (secondary N) is 2. The van der Waals surface area contributed by atoms with Crippen molar-refractivity contribution in [3.05, 3.63) is 73.3 Å². The molecule has 0 bridgehead atoms. The van der Waals surface area contributed by atoms with Gasteiger partial charge in [0.2, 0.25) is 0 Å². The van der Waals surface area contributed by atoms with Gasteiger partial charge in [-0.3, -0.25) is 30.4 Å². The molecule has 136 valence electrons. The molecule has 0 aromatic heterocycles. The molecule has 0 aliphatic rings. The second kappa shape index (κ2) is 7.43. The zero-order chi connectivity index (χ0) is 19.5. The third-order valence-electron chi connectivity index (χ3n) is 3.06. The molecule has 2 N–H and O–H groups in total. The Kier molecular flexibility index (Phi) is 5.50. The minimum atomic E-state index is -4.46. The minimum absolute atomic E-state index is 0.202. The maximum Gasteiger partial charge on any atom is 0.289 e. The van der Waals surface area contributed by atoms with Crippen LogP contribution < -0.4 is 10.3 Å².